The van der Waals surface area contributed by atoms with Gasteiger partial charge in [0.1, 0.15) is 5.82 Å². The largest absolute Gasteiger partial charge is 0.350 e. The number of hydrogen-bond acceptors (Lipinski definition) is 2. The zero-order valence-corrected chi connectivity index (χ0v) is 14.7. The van der Waals surface area contributed by atoms with E-state index in [1.54, 1.807) is 24.7 Å². The van der Waals surface area contributed by atoms with Crippen molar-refractivity contribution >= 4 is 5.91 Å². The Morgan fingerprint density at radius 1 is 1.19 bits per heavy atom. The van der Waals surface area contributed by atoms with Crippen LogP contribution in [0.25, 0.3) is 0 Å². The second-order valence-electron chi connectivity index (χ2n) is 6.43. The fourth-order valence-corrected chi connectivity index (χ4v) is 2.86. The molecule has 0 radical (unpaired) electrons. The highest BCUT2D eigenvalue weighted by molar-refractivity contribution is 5.95. The average Bonchev–Trinajstić information content (AvgIpc) is 3.15. The van der Waals surface area contributed by atoms with E-state index in [9.17, 15) is 9.18 Å². The minimum Gasteiger partial charge on any atom is -0.350 e. The third-order valence-electron chi connectivity index (χ3n) is 4.33. The van der Waals surface area contributed by atoms with Crippen LogP contribution in [0.3, 0.4) is 0 Å². The third-order valence-corrected chi connectivity index (χ3v) is 4.33. The number of imidazole rings is 1. The van der Waals surface area contributed by atoms with E-state index in [4.69, 9.17) is 0 Å². The van der Waals surface area contributed by atoms with Crippen LogP contribution in [0.4, 0.5) is 4.39 Å². The molecule has 0 aliphatic carbocycles. The van der Waals surface area contributed by atoms with E-state index < -0.39 is 0 Å². The number of hydrogen-bond donors (Lipinski definition) is 1. The number of aryl methyl sites for hydroxylation is 1. The van der Waals surface area contributed by atoms with Gasteiger partial charge in [-0.25, -0.2) is 9.37 Å². The first-order chi connectivity index (χ1) is 12.6. The molecule has 1 N–H and O–H groups in total. The van der Waals surface area contributed by atoms with Crippen molar-refractivity contribution in [3.63, 3.8) is 0 Å². The quantitative estimate of drug-likeness (QED) is 0.703. The van der Waals surface area contributed by atoms with Crippen LogP contribution in [0.5, 0.6) is 0 Å². The molecule has 0 fully saturated rings. The van der Waals surface area contributed by atoms with E-state index in [1.807, 2.05) is 42.0 Å². The zero-order valence-electron chi connectivity index (χ0n) is 14.7. The molecule has 3 rings (SSSR count). The van der Waals surface area contributed by atoms with Crippen molar-refractivity contribution in [3.05, 3.63) is 89.8 Å². The Labute approximate surface area is 152 Å². The summed E-state index contributed by atoms with van der Waals surface area (Å²) in [5.74, 6) is -0.308. The molecule has 4 nitrogen and oxygen atoms in total. The van der Waals surface area contributed by atoms with Gasteiger partial charge in [0.05, 0.1) is 6.33 Å². The maximum atomic E-state index is 13.0. The number of rotatable bonds is 7. The molecule has 2 aromatic carbocycles. The molecule has 1 atom stereocenters. The van der Waals surface area contributed by atoms with Crippen LogP contribution < -0.4 is 5.32 Å². The normalized spacial score (nSPS) is 11.9. The van der Waals surface area contributed by atoms with Crippen LogP contribution in [0.15, 0.2) is 67.3 Å². The molecule has 0 bridgehead atoms. The summed E-state index contributed by atoms with van der Waals surface area (Å²) in [5, 5.41) is 3.06. The summed E-state index contributed by atoms with van der Waals surface area (Å²) in [7, 11) is 0. The van der Waals surface area contributed by atoms with Gasteiger partial charge >= 0.3 is 0 Å². The standard InChI is InChI=1S/C21H22FN3O/c1-16(6-7-17-8-10-19(22)11-9-17)24-21(26)20-5-3-2-4-18(20)14-25-13-12-23-15-25/h2-5,8-13,15-16H,6-7,14H2,1H3,(H,24,26)/t16-/m0/s1. The second-order valence-corrected chi connectivity index (χ2v) is 6.43. The Morgan fingerprint density at radius 2 is 1.96 bits per heavy atom. The zero-order chi connectivity index (χ0) is 18.4. The average molecular weight is 351 g/mol. The van der Waals surface area contributed by atoms with E-state index >= 15 is 0 Å². The lowest BCUT2D eigenvalue weighted by Crippen LogP contribution is -2.33. The maximum Gasteiger partial charge on any atom is 0.251 e. The van der Waals surface area contributed by atoms with Crippen molar-refractivity contribution in [2.45, 2.75) is 32.4 Å². The highest BCUT2D eigenvalue weighted by Crippen LogP contribution is 2.12. The molecular formula is C21H22FN3O. The number of amides is 1. The number of halogens is 1. The molecule has 5 heteroatoms. The van der Waals surface area contributed by atoms with Gasteiger partial charge in [-0.05, 0) is 49.1 Å². The van der Waals surface area contributed by atoms with Gasteiger partial charge in [-0.15, -0.1) is 0 Å². The lowest BCUT2D eigenvalue weighted by Gasteiger charge is -2.16. The minimum atomic E-state index is -0.232. The van der Waals surface area contributed by atoms with Gasteiger partial charge in [0, 0.05) is 30.5 Å². The lowest BCUT2D eigenvalue weighted by molar-refractivity contribution is 0.0937. The fourth-order valence-electron chi connectivity index (χ4n) is 2.86. The van der Waals surface area contributed by atoms with E-state index in [0.29, 0.717) is 12.1 Å². The Bertz CT molecular complexity index is 844. The Kier molecular flexibility index (Phi) is 5.79. The van der Waals surface area contributed by atoms with Crippen LogP contribution in [-0.2, 0) is 13.0 Å². The highest BCUT2D eigenvalue weighted by atomic mass is 19.1. The van der Waals surface area contributed by atoms with E-state index in [1.165, 1.54) is 12.1 Å². The number of nitrogens with one attached hydrogen (secondary N) is 1. The summed E-state index contributed by atoms with van der Waals surface area (Å²) in [6.45, 7) is 2.59. The van der Waals surface area contributed by atoms with Gasteiger partial charge in [0.15, 0.2) is 0 Å². The SMILES string of the molecule is C[C@@H](CCc1ccc(F)cc1)NC(=O)c1ccccc1Cn1ccnc1. The summed E-state index contributed by atoms with van der Waals surface area (Å²) in [4.78, 5) is 16.7. The molecule has 134 valence electrons. The number of benzene rings is 2. The number of carbonyl (C=O) groups excluding carboxylic acids is 1. The van der Waals surface area contributed by atoms with Crippen molar-refractivity contribution in [2.75, 3.05) is 0 Å². The third kappa shape index (κ3) is 4.79. The Hall–Kier alpha value is -2.95. The molecule has 0 saturated carbocycles. The van der Waals surface area contributed by atoms with E-state index in [-0.39, 0.29) is 17.8 Å². The summed E-state index contributed by atoms with van der Waals surface area (Å²) < 4.78 is 14.9. The first-order valence-electron chi connectivity index (χ1n) is 8.71. The maximum absolute atomic E-state index is 13.0. The molecule has 1 amide bonds. The monoisotopic (exact) mass is 351 g/mol. The number of nitrogens with zero attached hydrogens (tertiary/aromatic N) is 2. The summed E-state index contributed by atoms with van der Waals surface area (Å²) >= 11 is 0. The molecule has 0 aliphatic rings. The first kappa shape index (κ1) is 17.9. The molecule has 1 aromatic heterocycles. The number of aromatic nitrogens is 2. The second kappa shape index (κ2) is 8.43. The fraction of sp³-hybridized carbons (Fsp3) is 0.238. The first-order valence-corrected chi connectivity index (χ1v) is 8.71. The Morgan fingerprint density at radius 3 is 2.69 bits per heavy atom. The van der Waals surface area contributed by atoms with Crippen LogP contribution in [0.1, 0.15) is 34.8 Å². The van der Waals surface area contributed by atoms with Gasteiger partial charge in [0.25, 0.3) is 5.91 Å². The van der Waals surface area contributed by atoms with Crippen molar-refractivity contribution in [2.24, 2.45) is 0 Å². The van der Waals surface area contributed by atoms with Crippen LogP contribution in [-0.4, -0.2) is 21.5 Å². The van der Waals surface area contributed by atoms with Crippen molar-refractivity contribution in [3.8, 4) is 0 Å². The molecule has 0 spiro atoms. The van der Waals surface area contributed by atoms with Gasteiger partial charge in [-0.2, -0.15) is 0 Å². The van der Waals surface area contributed by atoms with Crippen LogP contribution in [0, 0.1) is 5.82 Å². The van der Waals surface area contributed by atoms with Crippen LogP contribution in [0.2, 0.25) is 0 Å². The molecule has 0 saturated heterocycles. The smallest absolute Gasteiger partial charge is 0.251 e. The molecule has 0 aliphatic heterocycles. The van der Waals surface area contributed by atoms with Gasteiger partial charge in [0.2, 0.25) is 0 Å². The molecule has 0 unspecified atom stereocenters. The molecule has 1 heterocycles. The van der Waals surface area contributed by atoms with E-state index in [2.05, 4.69) is 10.3 Å². The lowest BCUT2D eigenvalue weighted by atomic mass is 10.0. The Balaban J connectivity index is 1.59. The predicted octanol–water partition coefficient (Wildman–Crippen LogP) is 3.82. The molecular weight excluding hydrogens is 329 g/mol. The van der Waals surface area contributed by atoms with Gasteiger partial charge in [-0.3, -0.25) is 4.79 Å². The summed E-state index contributed by atoms with van der Waals surface area (Å²) in [6, 6.07) is 14.1. The van der Waals surface area contributed by atoms with Crippen molar-refractivity contribution in [1.29, 1.82) is 0 Å². The summed E-state index contributed by atoms with van der Waals surface area (Å²) in [6.07, 6.45) is 6.92. The predicted molar refractivity (Wildman–Crippen MR) is 99.4 cm³/mol. The highest BCUT2D eigenvalue weighted by Gasteiger charge is 2.14. The summed E-state index contributed by atoms with van der Waals surface area (Å²) in [5.41, 5.74) is 2.69. The van der Waals surface area contributed by atoms with Crippen molar-refractivity contribution in [1.82, 2.24) is 14.9 Å². The van der Waals surface area contributed by atoms with Gasteiger partial charge in [-0.1, -0.05) is 30.3 Å². The topological polar surface area (TPSA) is 46.9 Å². The van der Waals surface area contributed by atoms with E-state index in [0.717, 1.165) is 24.0 Å². The van der Waals surface area contributed by atoms with Crippen molar-refractivity contribution < 1.29 is 9.18 Å². The van der Waals surface area contributed by atoms with Crippen LogP contribution >= 0.6 is 0 Å². The number of carbonyl (C=O) groups is 1. The van der Waals surface area contributed by atoms with Gasteiger partial charge < -0.3 is 9.88 Å². The minimum absolute atomic E-state index is 0.0221. The molecule has 3 aromatic rings. The molecule has 26 heavy (non-hydrogen) atoms.